The molecule has 0 aromatic heterocycles. The Hall–Kier alpha value is -1.43. The number of hydrogen-bond donors (Lipinski definition) is 17. The summed E-state index contributed by atoms with van der Waals surface area (Å²) in [5.74, 6) is -0.845. The summed E-state index contributed by atoms with van der Waals surface area (Å²) in [6.45, 7) is -0.898. The van der Waals surface area contributed by atoms with Crippen molar-refractivity contribution in [2.75, 3.05) is 19.7 Å². The monoisotopic (exact) mass is 781 g/mol. The van der Waals surface area contributed by atoms with Crippen molar-refractivity contribution >= 4 is 26.7 Å². The van der Waals surface area contributed by atoms with Crippen molar-refractivity contribution in [3.8, 4) is 0 Å². The van der Waals surface area contributed by atoms with Crippen molar-refractivity contribution < 1.29 is 99.6 Å². The van der Waals surface area contributed by atoms with Crippen LogP contribution in [0.1, 0.15) is 12.8 Å². The van der Waals surface area contributed by atoms with E-state index in [1.54, 1.807) is 0 Å². The molecule has 1 aliphatic carbocycles. The molecule has 0 aromatic carbocycles. The third-order valence-electron chi connectivity index (χ3n) is 7.51. The van der Waals surface area contributed by atoms with E-state index in [0.717, 1.165) is 0 Å². The lowest BCUT2D eigenvalue weighted by Gasteiger charge is -2.49. The van der Waals surface area contributed by atoms with Gasteiger partial charge in [0.2, 0.25) is 5.91 Å². The van der Waals surface area contributed by atoms with Crippen molar-refractivity contribution in [1.29, 1.82) is 0 Å². The molecule has 1 amide bonds. The van der Waals surface area contributed by atoms with Crippen molar-refractivity contribution in [3.05, 3.63) is 0 Å². The van der Waals surface area contributed by atoms with Crippen LogP contribution in [0.3, 0.4) is 0 Å². The van der Waals surface area contributed by atoms with E-state index in [1.165, 1.54) is 0 Å². The highest BCUT2D eigenvalue weighted by Crippen LogP contribution is 2.32. The van der Waals surface area contributed by atoms with Gasteiger partial charge in [0.1, 0.15) is 67.1 Å². The number of aliphatic hydroxyl groups is 8. The van der Waals surface area contributed by atoms with Crippen LogP contribution in [0.5, 0.6) is 0 Å². The fourth-order valence-corrected chi connectivity index (χ4v) is 5.07. The molecule has 2 heterocycles. The summed E-state index contributed by atoms with van der Waals surface area (Å²) in [4.78, 5) is 12.6. The second-order valence-electron chi connectivity index (χ2n) is 11.2. The van der Waals surface area contributed by atoms with Gasteiger partial charge >= 0.3 is 20.8 Å². The minimum atomic E-state index is -4.67. The number of amides is 1. The van der Waals surface area contributed by atoms with Crippen molar-refractivity contribution in [1.82, 2.24) is 5.32 Å². The number of carbonyl (C=O) groups is 1. The van der Waals surface area contributed by atoms with Gasteiger partial charge in [-0.25, -0.2) is 0 Å². The molecule has 0 spiro atoms. The summed E-state index contributed by atoms with van der Waals surface area (Å²) < 4.78 is 85.7. The smallest absolute Gasteiger partial charge is 0.394 e. The van der Waals surface area contributed by atoms with Crippen LogP contribution in [0.2, 0.25) is 0 Å². The van der Waals surface area contributed by atoms with Crippen LogP contribution < -0.4 is 28.3 Å². The van der Waals surface area contributed by atoms with Crippen LogP contribution in [-0.4, -0.2) is 199 Å². The van der Waals surface area contributed by atoms with Crippen molar-refractivity contribution in [2.45, 2.75) is 111 Å². The number of ether oxygens (including phenoxy) is 4. The average molecular weight is 782 g/mol. The summed E-state index contributed by atoms with van der Waals surface area (Å²) >= 11 is 0. The number of hydrogen-bond acceptors (Lipinski definition) is 21. The summed E-state index contributed by atoms with van der Waals surface area (Å²) in [7, 11) is -9.33. The van der Waals surface area contributed by atoms with E-state index in [1.807, 2.05) is 0 Å². The van der Waals surface area contributed by atoms with E-state index in [-0.39, 0.29) is 25.9 Å². The van der Waals surface area contributed by atoms with Gasteiger partial charge in [-0.3, -0.25) is 23.0 Å². The maximum atomic E-state index is 12.6. The lowest BCUT2D eigenvalue weighted by molar-refractivity contribution is -0.332. The van der Waals surface area contributed by atoms with E-state index < -0.39 is 131 Å². The maximum Gasteiger partial charge on any atom is 0.394 e. The van der Waals surface area contributed by atoms with Gasteiger partial charge in [-0.15, -0.1) is 0 Å². The molecule has 2 aliphatic heterocycles. The van der Waals surface area contributed by atoms with Crippen LogP contribution in [0.4, 0.5) is 0 Å². The Kier molecular flexibility index (Phi) is 18.8. The normalized spacial score (nSPS) is 40.0. The molecule has 26 nitrogen and oxygen atoms in total. The predicted molar refractivity (Wildman–Crippen MR) is 160 cm³/mol. The first kappa shape index (κ1) is 46.6. The molecule has 3 fully saturated rings. The Balaban J connectivity index is 0.00000109. The highest BCUT2D eigenvalue weighted by Gasteiger charge is 2.52. The molecule has 298 valence electrons. The fourth-order valence-electron chi connectivity index (χ4n) is 5.07. The molecule has 1 saturated carbocycles. The van der Waals surface area contributed by atoms with Gasteiger partial charge in [0.05, 0.1) is 18.7 Å². The van der Waals surface area contributed by atoms with E-state index >= 15 is 0 Å². The van der Waals surface area contributed by atoms with Crippen molar-refractivity contribution in [2.24, 2.45) is 22.9 Å². The first-order chi connectivity index (χ1) is 22.9. The molecule has 0 radical (unpaired) electrons. The minimum Gasteiger partial charge on any atom is -0.394 e. The molecule has 4 unspecified atom stereocenters. The molecule has 0 bridgehead atoms. The summed E-state index contributed by atoms with van der Waals surface area (Å²) in [5, 5.41) is 84.9. The summed E-state index contributed by atoms with van der Waals surface area (Å²) in [5.41, 5.74) is 23.1. The lowest BCUT2D eigenvalue weighted by atomic mass is 9.83. The number of carbonyl (C=O) groups excluding carboxylic acids is 1. The molecular formula is C22H47N5O21S2. The zero-order chi connectivity index (χ0) is 38.9. The quantitative estimate of drug-likeness (QED) is 0.0915. The average Bonchev–Trinajstić information content (AvgIpc) is 2.99. The van der Waals surface area contributed by atoms with Crippen LogP contribution in [0.15, 0.2) is 0 Å². The second-order valence-corrected chi connectivity index (χ2v) is 13.0. The first-order valence-corrected chi connectivity index (χ1v) is 17.3. The molecule has 3 rings (SSSR count). The van der Waals surface area contributed by atoms with Gasteiger partial charge in [0.25, 0.3) is 0 Å². The van der Waals surface area contributed by atoms with Crippen LogP contribution in [0.25, 0.3) is 0 Å². The van der Waals surface area contributed by atoms with Gasteiger partial charge in [0.15, 0.2) is 12.6 Å². The Labute approximate surface area is 285 Å². The number of nitrogens with one attached hydrogen (secondary N) is 1. The number of aliphatic hydroxyl groups excluding tert-OH is 8. The van der Waals surface area contributed by atoms with Gasteiger partial charge in [-0.1, -0.05) is 0 Å². The largest absolute Gasteiger partial charge is 0.394 e. The standard InChI is InChI=1S/C22H43N5O13.2H2O4S/c23-2-1-8(29)20(36)27-7-3-6(25)18(39-22-16(34)15(33)13(31)9(4-24)37-22)17(35)19(7)40-21-14(32)11(26)12(30)10(5-28)38-21;2*1-5(2,3)4/h6-19,21-22,28-35H,1-5,23-26H2,(H,27,36);2*(H2,1,2,3,4)/t6-,7+,8-,9+,10+,11-,12?,13+,14?,15-,16+,17-,18+,19-,21?,22?;;/m1../s1. The molecule has 3 aliphatic rings. The maximum absolute atomic E-state index is 12.6. The van der Waals surface area contributed by atoms with Crippen molar-refractivity contribution in [3.63, 3.8) is 0 Å². The van der Waals surface area contributed by atoms with Gasteiger partial charge in [-0.2, -0.15) is 16.8 Å². The van der Waals surface area contributed by atoms with E-state index in [9.17, 15) is 45.6 Å². The molecule has 2 saturated heterocycles. The predicted octanol–water partition coefficient (Wildman–Crippen LogP) is -9.73. The number of rotatable bonds is 10. The van der Waals surface area contributed by atoms with Gasteiger partial charge in [0, 0.05) is 12.6 Å². The molecular weight excluding hydrogens is 734 g/mol. The van der Waals surface area contributed by atoms with E-state index in [0.29, 0.717) is 0 Å². The molecule has 16 atom stereocenters. The third-order valence-corrected chi connectivity index (χ3v) is 7.51. The molecule has 50 heavy (non-hydrogen) atoms. The topological polar surface area (TPSA) is 481 Å². The zero-order valence-corrected chi connectivity index (χ0v) is 27.6. The fraction of sp³-hybridized carbons (Fsp3) is 0.955. The highest BCUT2D eigenvalue weighted by atomic mass is 32.3. The van der Waals surface area contributed by atoms with Crippen LogP contribution in [0, 0.1) is 0 Å². The Morgan fingerprint density at radius 3 is 1.72 bits per heavy atom. The molecule has 21 N–H and O–H groups in total. The SMILES string of the molecule is NCC[C@@H](O)C(=O)N[C@H]1C[C@@H](N)[C@H](OC2O[C@@H](CN)[C@H](O)[C@@H](O)[C@@H]2O)[C@@H](O)[C@@H]1OC1O[C@@H](CO)C(O)[C@@H](N)C1O.O=S(=O)(O)O.O=S(=O)(O)O. The lowest BCUT2D eigenvalue weighted by Crippen LogP contribution is -2.69. The highest BCUT2D eigenvalue weighted by molar-refractivity contribution is 7.80. The van der Waals surface area contributed by atoms with Gasteiger partial charge < -0.3 is 88.1 Å². The van der Waals surface area contributed by atoms with Crippen LogP contribution >= 0.6 is 0 Å². The third kappa shape index (κ3) is 14.5. The van der Waals surface area contributed by atoms with E-state index in [2.05, 4.69) is 5.32 Å². The second kappa shape index (κ2) is 20.1. The summed E-state index contributed by atoms with van der Waals surface area (Å²) in [6, 6.07) is -3.45. The van der Waals surface area contributed by atoms with E-state index in [4.69, 9.17) is 76.9 Å². The van der Waals surface area contributed by atoms with Gasteiger partial charge in [-0.05, 0) is 19.4 Å². The Bertz CT molecular complexity index is 1200. The van der Waals surface area contributed by atoms with Crippen LogP contribution in [-0.2, 0) is 44.5 Å². The Morgan fingerprint density at radius 2 is 1.24 bits per heavy atom. The summed E-state index contributed by atoms with van der Waals surface area (Å²) in [6.07, 6.45) is -19.8. The molecule has 28 heteroatoms. The zero-order valence-electron chi connectivity index (χ0n) is 25.9. The first-order valence-electron chi connectivity index (χ1n) is 14.5. The Morgan fingerprint density at radius 1 is 0.760 bits per heavy atom. The molecule has 0 aromatic rings. The number of nitrogens with two attached hydrogens (primary N) is 4. The minimum absolute atomic E-state index is 0.0101.